The molecule has 0 unspecified atom stereocenters. The molecule has 0 N–H and O–H groups in total. The second-order valence-electron chi connectivity index (χ2n) is 14.7. The van der Waals surface area contributed by atoms with Crippen molar-refractivity contribution in [2.24, 2.45) is 0 Å². The van der Waals surface area contributed by atoms with Crippen LogP contribution in [0.25, 0.3) is 66.8 Å². The highest BCUT2D eigenvalue weighted by atomic mass is 16.5. The van der Waals surface area contributed by atoms with Gasteiger partial charge in [0.1, 0.15) is 11.5 Å². The van der Waals surface area contributed by atoms with Crippen LogP contribution in [0, 0.1) is 0 Å². The maximum Gasteiger partial charge on any atom is 0.118 e. The number of ether oxygens (including phenoxy) is 2. The zero-order valence-electron chi connectivity index (χ0n) is 33.3. The van der Waals surface area contributed by atoms with E-state index in [9.17, 15) is 0 Å². The molecule has 0 spiro atoms. The maximum absolute atomic E-state index is 5.55. The van der Waals surface area contributed by atoms with Crippen LogP contribution < -0.4 is 9.47 Å². The number of hydrogen-bond donors (Lipinski definition) is 0. The predicted octanol–water partition coefficient (Wildman–Crippen LogP) is 14.9. The number of rotatable bonds is 11. The minimum atomic E-state index is -0.0109. The van der Waals surface area contributed by atoms with Crippen molar-refractivity contribution >= 4 is 0 Å². The molecule has 0 aromatic heterocycles. The van der Waals surface area contributed by atoms with Crippen LogP contribution in [0.1, 0.15) is 22.6 Å². The van der Waals surface area contributed by atoms with E-state index in [1.54, 1.807) is 14.2 Å². The van der Waals surface area contributed by atoms with Gasteiger partial charge in [-0.1, -0.05) is 200 Å². The summed E-state index contributed by atoms with van der Waals surface area (Å²) in [6.45, 7) is 0. The third kappa shape index (κ3) is 7.45. The molecule has 9 rings (SSSR count). The monoisotopic (exact) mass is 760 g/mol. The molecule has 0 atom stereocenters. The van der Waals surface area contributed by atoms with Crippen LogP contribution in [0.2, 0.25) is 0 Å². The molecular weight excluding hydrogens is 717 g/mol. The summed E-state index contributed by atoms with van der Waals surface area (Å²) in [5, 5.41) is 0. The van der Waals surface area contributed by atoms with E-state index in [1.165, 1.54) is 66.8 Å². The van der Waals surface area contributed by atoms with Gasteiger partial charge in [-0.15, -0.1) is 0 Å². The normalized spacial score (nSPS) is 11.0. The zero-order chi connectivity index (χ0) is 40.0. The molecule has 2 nitrogen and oxygen atoms in total. The highest BCUT2D eigenvalue weighted by Gasteiger charge is 2.29. The van der Waals surface area contributed by atoms with Gasteiger partial charge in [0.15, 0.2) is 0 Å². The van der Waals surface area contributed by atoms with Gasteiger partial charge in [-0.3, -0.25) is 0 Å². The molecule has 0 aliphatic heterocycles. The van der Waals surface area contributed by atoms with Crippen molar-refractivity contribution in [1.29, 1.82) is 0 Å². The Morgan fingerprint density at radius 1 is 0.237 bits per heavy atom. The SMILES string of the molecule is COc1ccc(C(c2ccc(OC)cc2)c2ccc(-c3c(-c4ccccc4)c(-c4ccccc4)c(-c4ccccc4)c(-c4ccccc4)c3-c3ccccc3)cc2)cc1. The molecule has 0 heterocycles. The average molecular weight is 761 g/mol. The molecule has 0 aliphatic rings. The molecule has 9 aromatic rings. The molecule has 0 bridgehead atoms. The Morgan fingerprint density at radius 2 is 0.441 bits per heavy atom. The van der Waals surface area contributed by atoms with Crippen LogP contribution in [0.15, 0.2) is 224 Å². The Labute approximate surface area is 347 Å². The van der Waals surface area contributed by atoms with Crippen LogP contribution in [0.4, 0.5) is 0 Å². The van der Waals surface area contributed by atoms with Crippen molar-refractivity contribution in [2.75, 3.05) is 14.2 Å². The first-order valence-corrected chi connectivity index (χ1v) is 20.1. The Hall–Kier alpha value is -7.42. The molecule has 0 amide bonds. The highest BCUT2D eigenvalue weighted by molar-refractivity contribution is 6.15. The van der Waals surface area contributed by atoms with E-state index < -0.39 is 0 Å². The quantitative estimate of drug-likeness (QED) is 0.122. The van der Waals surface area contributed by atoms with Crippen LogP contribution in [-0.2, 0) is 0 Å². The first-order chi connectivity index (χ1) is 29.2. The number of benzene rings is 9. The summed E-state index contributed by atoms with van der Waals surface area (Å²) in [5.41, 5.74) is 17.7. The van der Waals surface area contributed by atoms with Gasteiger partial charge in [-0.25, -0.2) is 0 Å². The predicted molar refractivity (Wildman–Crippen MR) is 246 cm³/mol. The number of hydrogen-bond acceptors (Lipinski definition) is 2. The molecular formula is C57H44O2. The minimum absolute atomic E-state index is 0.0109. The van der Waals surface area contributed by atoms with Crippen LogP contribution in [0.5, 0.6) is 11.5 Å². The standard InChI is InChI=1S/C57H44O2/c1-58-49-36-32-46(33-37-49)51(47-34-38-50(59-2)39-35-47)45-28-30-48(31-29-45)57-55(43-24-14-6-15-25-43)53(41-20-10-4-11-21-41)52(40-18-8-3-9-19-40)54(42-22-12-5-13-23-42)56(57)44-26-16-7-17-27-44/h3-39,51H,1-2H3. The molecule has 284 valence electrons. The van der Waals surface area contributed by atoms with Crippen LogP contribution in [0.3, 0.4) is 0 Å². The van der Waals surface area contributed by atoms with Gasteiger partial charge in [0.25, 0.3) is 0 Å². The Bertz CT molecular complexity index is 2610. The molecule has 59 heavy (non-hydrogen) atoms. The van der Waals surface area contributed by atoms with Gasteiger partial charge >= 0.3 is 0 Å². The van der Waals surface area contributed by atoms with Crippen molar-refractivity contribution in [2.45, 2.75) is 5.92 Å². The van der Waals surface area contributed by atoms with E-state index in [1.807, 2.05) is 24.3 Å². The van der Waals surface area contributed by atoms with E-state index in [2.05, 4.69) is 200 Å². The minimum Gasteiger partial charge on any atom is -0.497 e. The van der Waals surface area contributed by atoms with Crippen molar-refractivity contribution in [1.82, 2.24) is 0 Å². The van der Waals surface area contributed by atoms with E-state index in [0.717, 1.165) is 28.2 Å². The third-order valence-corrected chi connectivity index (χ3v) is 11.2. The summed E-state index contributed by atoms with van der Waals surface area (Å²) in [6, 6.07) is 80.8. The Morgan fingerprint density at radius 3 is 0.661 bits per heavy atom. The van der Waals surface area contributed by atoms with Crippen molar-refractivity contribution < 1.29 is 9.47 Å². The molecule has 9 aromatic carbocycles. The molecule has 0 fully saturated rings. The molecule has 0 radical (unpaired) electrons. The summed E-state index contributed by atoms with van der Waals surface area (Å²) in [6.07, 6.45) is 0. The van der Waals surface area contributed by atoms with Crippen LogP contribution >= 0.6 is 0 Å². The summed E-state index contributed by atoms with van der Waals surface area (Å²) in [4.78, 5) is 0. The second kappa shape index (κ2) is 17.0. The zero-order valence-corrected chi connectivity index (χ0v) is 33.3. The molecule has 0 saturated carbocycles. The second-order valence-corrected chi connectivity index (χ2v) is 14.7. The van der Waals surface area contributed by atoms with Gasteiger partial charge in [-0.05, 0) is 108 Å². The van der Waals surface area contributed by atoms with Crippen molar-refractivity contribution in [3.63, 3.8) is 0 Å². The molecule has 0 aliphatic carbocycles. The maximum atomic E-state index is 5.55. The van der Waals surface area contributed by atoms with E-state index in [4.69, 9.17) is 9.47 Å². The summed E-state index contributed by atoms with van der Waals surface area (Å²) in [5.74, 6) is 1.66. The summed E-state index contributed by atoms with van der Waals surface area (Å²) >= 11 is 0. The van der Waals surface area contributed by atoms with Gasteiger partial charge in [-0.2, -0.15) is 0 Å². The lowest BCUT2D eigenvalue weighted by Crippen LogP contribution is -2.04. The molecule has 2 heteroatoms. The van der Waals surface area contributed by atoms with Crippen molar-refractivity contribution in [3.8, 4) is 78.3 Å². The number of methoxy groups -OCH3 is 2. The topological polar surface area (TPSA) is 18.5 Å². The van der Waals surface area contributed by atoms with Gasteiger partial charge < -0.3 is 9.47 Å². The average Bonchev–Trinajstić information content (AvgIpc) is 3.33. The smallest absolute Gasteiger partial charge is 0.118 e. The summed E-state index contributed by atoms with van der Waals surface area (Å²) in [7, 11) is 3.42. The molecule has 0 saturated heterocycles. The van der Waals surface area contributed by atoms with E-state index in [0.29, 0.717) is 0 Å². The first-order valence-electron chi connectivity index (χ1n) is 20.1. The lowest BCUT2D eigenvalue weighted by molar-refractivity contribution is 0.414. The van der Waals surface area contributed by atoms with Gasteiger partial charge in [0.2, 0.25) is 0 Å². The fourth-order valence-electron chi connectivity index (χ4n) is 8.52. The largest absolute Gasteiger partial charge is 0.497 e. The lowest BCUT2D eigenvalue weighted by Gasteiger charge is -2.29. The van der Waals surface area contributed by atoms with Gasteiger partial charge in [0, 0.05) is 5.92 Å². The highest BCUT2D eigenvalue weighted by Crippen LogP contribution is 2.56. The van der Waals surface area contributed by atoms with Gasteiger partial charge in [0.05, 0.1) is 14.2 Å². The Kier molecular flexibility index (Phi) is 10.7. The third-order valence-electron chi connectivity index (χ3n) is 11.2. The lowest BCUT2D eigenvalue weighted by atomic mass is 9.74. The summed E-state index contributed by atoms with van der Waals surface area (Å²) < 4.78 is 11.1. The van der Waals surface area contributed by atoms with E-state index in [-0.39, 0.29) is 5.92 Å². The fourth-order valence-corrected chi connectivity index (χ4v) is 8.52. The first kappa shape index (κ1) is 37.2. The van der Waals surface area contributed by atoms with Crippen molar-refractivity contribution in [3.05, 3.63) is 241 Å². The van der Waals surface area contributed by atoms with Crippen LogP contribution in [-0.4, -0.2) is 14.2 Å². The fraction of sp³-hybridized carbons (Fsp3) is 0.0526. The Balaban J connectivity index is 1.39. The van der Waals surface area contributed by atoms with E-state index >= 15 is 0 Å².